The summed E-state index contributed by atoms with van der Waals surface area (Å²) >= 11 is 0. The van der Waals surface area contributed by atoms with Gasteiger partial charge >= 0.3 is 6.09 Å². The predicted octanol–water partition coefficient (Wildman–Crippen LogP) is 1.13. The van der Waals surface area contributed by atoms with E-state index in [1.165, 1.54) is 4.90 Å². The molecule has 0 unspecified atom stereocenters. The smallest absolute Gasteiger partial charge is 0.410 e. The molecule has 2 N–H and O–H groups in total. The minimum Gasteiger partial charge on any atom is -0.444 e. The number of carbonyl (C=O) groups is 1. The van der Waals surface area contributed by atoms with Crippen LogP contribution in [0.3, 0.4) is 0 Å². The molecular formula is C12H23NO4. The minimum atomic E-state index is -0.886. The number of hydrogen-bond acceptors (Lipinski definition) is 4. The Bertz CT molecular complexity index is 262. The first-order chi connectivity index (χ1) is 7.85. The van der Waals surface area contributed by atoms with Crippen LogP contribution in [0.15, 0.2) is 0 Å². The zero-order valence-electron chi connectivity index (χ0n) is 10.8. The summed E-state index contributed by atoms with van der Waals surface area (Å²) in [4.78, 5) is 13.5. The standard InChI is InChI=1S/C12H23NO4/c1-12(2,3)17-11(16)13-7-5-4-6-9(13)10(15)8-14/h9-10,14-15H,4-8H2,1-3H3/t9-,10+/m0/s1. The number of rotatable bonds is 2. The first-order valence-electron chi connectivity index (χ1n) is 6.13. The number of hydrogen-bond donors (Lipinski definition) is 2. The second-order valence-corrected chi connectivity index (χ2v) is 5.49. The zero-order chi connectivity index (χ0) is 13.1. The Balaban J connectivity index is 2.67. The summed E-state index contributed by atoms with van der Waals surface area (Å²) in [6.45, 7) is 5.69. The molecule has 1 aliphatic heterocycles. The van der Waals surface area contributed by atoms with Crippen molar-refractivity contribution < 1.29 is 19.7 Å². The van der Waals surface area contributed by atoms with Gasteiger partial charge in [-0.3, -0.25) is 0 Å². The Kier molecular flexibility index (Phi) is 4.77. The summed E-state index contributed by atoms with van der Waals surface area (Å²) in [5.41, 5.74) is -0.538. The van der Waals surface area contributed by atoms with E-state index in [-0.39, 0.29) is 12.6 Å². The fourth-order valence-corrected chi connectivity index (χ4v) is 2.03. The largest absolute Gasteiger partial charge is 0.444 e. The van der Waals surface area contributed by atoms with Crippen molar-refractivity contribution in [2.45, 2.75) is 57.8 Å². The average molecular weight is 245 g/mol. The maximum atomic E-state index is 12.0. The van der Waals surface area contributed by atoms with Gasteiger partial charge in [-0.05, 0) is 40.0 Å². The molecule has 0 aromatic rings. The van der Waals surface area contributed by atoms with Crippen molar-refractivity contribution in [3.05, 3.63) is 0 Å². The maximum absolute atomic E-state index is 12.0. The van der Waals surface area contributed by atoms with E-state index >= 15 is 0 Å². The highest BCUT2D eigenvalue weighted by molar-refractivity contribution is 5.68. The molecule has 0 bridgehead atoms. The Morgan fingerprint density at radius 2 is 2.12 bits per heavy atom. The molecule has 17 heavy (non-hydrogen) atoms. The third-order valence-electron chi connectivity index (χ3n) is 2.81. The van der Waals surface area contributed by atoms with E-state index in [2.05, 4.69) is 0 Å². The van der Waals surface area contributed by atoms with E-state index < -0.39 is 17.8 Å². The lowest BCUT2D eigenvalue weighted by Gasteiger charge is -2.38. The van der Waals surface area contributed by atoms with Gasteiger partial charge in [0.05, 0.1) is 18.8 Å². The molecule has 1 rings (SSSR count). The predicted molar refractivity (Wildman–Crippen MR) is 63.7 cm³/mol. The molecule has 0 aromatic carbocycles. The zero-order valence-corrected chi connectivity index (χ0v) is 10.8. The van der Waals surface area contributed by atoms with Crippen molar-refractivity contribution in [1.29, 1.82) is 0 Å². The number of likely N-dealkylation sites (tertiary alicyclic amines) is 1. The van der Waals surface area contributed by atoms with E-state index in [1.807, 2.05) is 20.8 Å². The SMILES string of the molecule is CC(C)(C)OC(=O)N1CCCC[C@H]1[C@H](O)CO. The summed E-state index contributed by atoms with van der Waals surface area (Å²) in [6.07, 6.45) is 1.29. The van der Waals surface area contributed by atoms with Crippen LogP contribution in [0.5, 0.6) is 0 Å². The van der Waals surface area contributed by atoms with Gasteiger partial charge in [-0.2, -0.15) is 0 Å². The van der Waals surface area contributed by atoms with E-state index in [4.69, 9.17) is 9.84 Å². The second kappa shape index (κ2) is 5.69. The molecule has 100 valence electrons. The molecule has 0 spiro atoms. The molecule has 1 fully saturated rings. The normalized spacial score (nSPS) is 23.4. The highest BCUT2D eigenvalue weighted by Gasteiger charge is 2.34. The lowest BCUT2D eigenvalue weighted by Crippen LogP contribution is -2.52. The van der Waals surface area contributed by atoms with Crippen LogP contribution >= 0.6 is 0 Å². The minimum absolute atomic E-state index is 0.329. The van der Waals surface area contributed by atoms with Crippen LogP contribution in [0.2, 0.25) is 0 Å². The lowest BCUT2D eigenvalue weighted by atomic mass is 9.98. The molecule has 1 aliphatic rings. The van der Waals surface area contributed by atoms with Crippen molar-refractivity contribution in [2.75, 3.05) is 13.2 Å². The maximum Gasteiger partial charge on any atom is 0.410 e. The summed E-state index contributed by atoms with van der Waals surface area (Å²) in [5, 5.41) is 18.7. The Labute approximate surface area is 102 Å². The number of aliphatic hydroxyl groups is 2. The fourth-order valence-electron chi connectivity index (χ4n) is 2.03. The molecule has 5 nitrogen and oxygen atoms in total. The number of piperidine rings is 1. The van der Waals surface area contributed by atoms with Gasteiger partial charge in [0, 0.05) is 6.54 Å². The van der Waals surface area contributed by atoms with E-state index in [0.29, 0.717) is 13.0 Å². The van der Waals surface area contributed by atoms with E-state index in [9.17, 15) is 9.90 Å². The summed E-state index contributed by atoms with van der Waals surface area (Å²) in [5.74, 6) is 0. The third-order valence-corrected chi connectivity index (χ3v) is 2.81. The summed E-state index contributed by atoms with van der Waals surface area (Å²) in [6, 6.07) is -0.330. The molecule has 0 aliphatic carbocycles. The van der Waals surface area contributed by atoms with Gasteiger partial charge in [-0.1, -0.05) is 0 Å². The Morgan fingerprint density at radius 3 is 2.65 bits per heavy atom. The van der Waals surface area contributed by atoms with Gasteiger partial charge in [0.15, 0.2) is 0 Å². The van der Waals surface area contributed by atoms with E-state index in [0.717, 1.165) is 12.8 Å². The average Bonchev–Trinajstić information content (AvgIpc) is 2.25. The van der Waals surface area contributed by atoms with Gasteiger partial charge < -0.3 is 19.8 Å². The van der Waals surface area contributed by atoms with Crippen LogP contribution in [0.25, 0.3) is 0 Å². The molecule has 1 heterocycles. The second-order valence-electron chi connectivity index (χ2n) is 5.49. The van der Waals surface area contributed by atoms with Crippen molar-refractivity contribution in [1.82, 2.24) is 4.90 Å². The molecule has 0 saturated carbocycles. The quantitative estimate of drug-likeness (QED) is 0.765. The number of amides is 1. The highest BCUT2D eigenvalue weighted by Crippen LogP contribution is 2.22. The van der Waals surface area contributed by atoms with Gasteiger partial charge in [0.25, 0.3) is 0 Å². The van der Waals surface area contributed by atoms with Gasteiger partial charge in [-0.15, -0.1) is 0 Å². The fraction of sp³-hybridized carbons (Fsp3) is 0.917. The van der Waals surface area contributed by atoms with Gasteiger partial charge in [-0.25, -0.2) is 4.79 Å². The van der Waals surface area contributed by atoms with Crippen molar-refractivity contribution in [3.8, 4) is 0 Å². The number of aliphatic hydroxyl groups excluding tert-OH is 2. The van der Waals surface area contributed by atoms with Crippen molar-refractivity contribution in [2.24, 2.45) is 0 Å². The topological polar surface area (TPSA) is 70.0 Å². The first-order valence-corrected chi connectivity index (χ1v) is 6.13. The van der Waals surface area contributed by atoms with Crippen LogP contribution in [0.1, 0.15) is 40.0 Å². The molecule has 0 radical (unpaired) electrons. The summed E-state index contributed by atoms with van der Waals surface area (Å²) < 4.78 is 5.30. The molecule has 1 saturated heterocycles. The number of ether oxygens (including phenoxy) is 1. The molecule has 1 amide bonds. The Hall–Kier alpha value is -0.810. The van der Waals surface area contributed by atoms with Gasteiger partial charge in [0.2, 0.25) is 0 Å². The van der Waals surface area contributed by atoms with Crippen LogP contribution in [0, 0.1) is 0 Å². The van der Waals surface area contributed by atoms with E-state index in [1.54, 1.807) is 0 Å². The molecule has 0 aromatic heterocycles. The third kappa shape index (κ3) is 4.16. The van der Waals surface area contributed by atoms with Crippen LogP contribution < -0.4 is 0 Å². The first kappa shape index (κ1) is 14.3. The number of nitrogens with zero attached hydrogens (tertiary/aromatic N) is 1. The monoisotopic (exact) mass is 245 g/mol. The summed E-state index contributed by atoms with van der Waals surface area (Å²) in [7, 11) is 0. The molecule has 2 atom stereocenters. The lowest BCUT2D eigenvalue weighted by molar-refractivity contribution is -0.0290. The van der Waals surface area contributed by atoms with Crippen molar-refractivity contribution >= 4 is 6.09 Å². The van der Waals surface area contributed by atoms with Crippen molar-refractivity contribution in [3.63, 3.8) is 0 Å². The molecule has 5 heteroatoms. The highest BCUT2D eigenvalue weighted by atomic mass is 16.6. The number of carbonyl (C=O) groups excluding carboxylic acids is 1. The van der Waals surface area contributed by atoms with Gasteiger partial charge in [0.1, 0.15) is 5.60 Å². The van der Waals surface area contributed by atoms with Crippen LogP contribution in [0.4, 0.5) is 4.79 Å². The Morgan fingerprint density at radius 1 is 1.47 bits per heavy atom. The van der Waals surface area contributed by atoms with Crippen LogP contribution in [-0.2, 0) is 4.74 Å². The molecular weight excluding hydrogens is 222 g/mol. The van der Waals surface area contributed by atoms with Crippen LogP contribution in [-0.4, -0.2) is 52.1 Å².